The Balaban J connectivity index is 2.07. The molecule has 1 aromatic rings. The largest absolute Gasteiger partial charge is 0.394 e. The molecule has 0 aliphatic heterocycles. The zero-order valence-electron chi connectivity index (χ0n) is 7.42. The van der Waals surface area contributed by atoms with Crippen LogP contribution in [0.1, 0.15) is 22.5 Å². The monoisotopic (exact) mass is 323 g/mol. The van der Waals surface area contributed by atoms with Gasteiger partial charge in [-0.2, -0.15) is 0 Å². The van der Waals surface area contributed by atoms with E-state index in [0.717, 1.165) is 21.3 Å². The molecule has 0 radical (unpaired) electrons. The molecular formula is C9H10INO2S. The number of thiophene rings is 1. The fourth-order valence-electron chi connectivity index (χ4n) is 1.23. The zero-order chi connectivity index (χ0) is 10.2. The molecule has 0 atom stereocenters. The highest BCUT2D eigenvalue weighted by Gasteiger charge is 2.43. The Hall–Kier alpha value is -0.140. The van der Waals surface area contributed by atoms with Gasteiger partial charge in [-0.25, -0.2) is 0 Å². The SMILES string of the molecule is O=C(NC1(CO)CC1)c1sccc1I. The summed E-state index contributed by atoms with van der Waals surface area (Å²) in [4.78, 5) is 12.5. The molecule has 0 unspecified atom stereocenters. The van der Waals surface area contributed by atoms with Crippen LogP contribution in [0.3, 0.4) is 0 Å². The van der Waals surface area contributed by atoms with Gasteiger partial charge >= 0.3 is 0 Å². The van der Waals surface area contributed by atoms with E-state index in [-0.39, 0.29) is 18.1 Å². The summed E-state index contributed by atoms with van der Waals surface area (Å²) in [5.41, 5.74) is -0.315. The molecule has 0 aromatic carbocycles. The van der Waals surface area contributed by atoms with Crippen molar-refractivity contribution in [3.8, 4) is 0 Å². The van der Waals surface area contributed by atoms with Gasteiger partial charge in [-0.3, -0.25) is 4.79 Å². The number of carbonyl (C=O) groups is 1. The van der Waals surface area contributed by atoms with Gasteiger partial charge in [0.2, 0.25) is 0 Å². The van der Waals surface area contributed by atoms with E-state index in [4.69, 9.17) is 5.11 Å². The first-order valence-electron chi connectivity index (χ1n) is 4.33. The van der Waals surface area contributed by atoms with Crippen LogP contribution in [-0.4, -0.2) is 23.2 Å². The van der Waals surface area contributed by atoms with Crippen molar-refractivity contribution in [3.63, 3.8) is 0 Å². The third-order valence-corrected chi connectivity index (χ3v) is 4.54. The average Bonchev–Trinajstić information content (AvgIpc) is 2.80. The zero-order valence-corrected chi connectivity index (χ0v) is 10.4. The van der Waals surface area contributed by atoms with Crippen molar-refractivity contribution in [1.82, 2.24) is 5.32 Å². The van der Waals surface area contributed by atoms with Crippen LogP contribution in [0.5, 0.6) is 0 Å². The summed E-state index contributed by atoms with van der Waals surface area (Å²) in [5, 5.41) is 13.8. The number of amides is 1. The lowest BCUT2D eigenvalue weighted by molar-refractivity contribution is 0.0910. The van der Waals surface area contributed by atoms with Crippen LogP contribution in [0, 0.1) is 3.57 Å². The first kappa shape index (κ1) is 10.4. The van der Waals surface area contributed by atoms with Crippen LogP contribution in [0.25, 0.3) is 0 Å². The molecule has 1 aliphatic carbocycles. The molecule has 1 aromatic heterocycles. The minimum Gasteiger partial charge on any atom is -0.394 e. The summed E-state index contributed by atoms with van der Waals surface area (Å²) < 4.78 is 0.971. The Bertz CT molecular complexity index is 359. The van der Waals surface area contributed by atoms with E-state index in [1.54, 1.807) is 0 Å². The van der Waals surface area contributed by atoms with Crippen LogP contribution in [-0.2, 0) is 0 Å². The lowest BCUT2D eigenvalue weighted by Gasteiger charge is -2.13. The average molecular weight is 323 g/mol. The van der Waals surface area contributed by atoms with Crippen molar-refractivity contribution >= 4 is 39.8 Å². The molecule has 0 saturated heterocycles. The third kappa shape index (κ3) is 1.94. The summed E-state index contributed by atoms with van der Waals surface area (Å²) >= 11 is 3.58. The molecule has 1 fully saturated rings. The van der Waals surface area contributed by atoms with Crippen molar-refractivity contribution in [3.05, 3.63) is 19.9 Å². The van der Waals surface area contributed by atoms with E-state index < -0.39 is 0 Å². The van der Waals surface area contributed by atoms with Crippen LogP contribution in [0.15, 0.2) is 11.4 Å². The van der Waals surface area contributed by atoms with Crippen LogP contribution < -0.4 is 5.32 Å². The molecule has 2 N–H and O–H groups in total. The summed E-state index contributed by atoms with van der Waals surface area (Å²) in [6.45, 7) is 0.0424. The summed E-state index contributed by atoms with van der Waals surface area (Å²) in [7, 11) is 0. The summed E-state index contributed by atoms with van der Waals surface area (Å²) in [6, 6.07) is 1.92. The molecule has 1 heterocycles. The maximum Gasteiger partial charge on any atom is 0.262 e. The minimum absolute atomic E-state index is 0.0424. The molecule has 2 rings (SSSR count). The predicted molar refractivity (Wildman–Crippen MR) is 63.6 cm³/mol. The molecule has 14 heavy (non-hydrogen) atoms. The quantitative estimate of drug-likeness (QED) is 0.831. The molecule has 76 valence electrons. The number of halogens is 1. The maximum absolute atomic E-state index is 11.7. The molecular weight excluding hydrogens is 313 g/mol. The molecule has 3 nitrogen and oxygen atoms in total. The number of hydrogen-bond donors (Lipinski definition) is 2. The Morgan fingerprint density at radius 3 is 2.86 bits per heavy atom. The van der Waals surface area contributed by atoms with E-state index in [2.05, 4.69) is 27.9 Å². The van der Waals surface area contributed by atoms with Gasteiger partial charge in [0.1, 0.15) is 4.88 Å². The molecule has 0 spiro atoms. The van der Waals surface area contributed by atoms with E-state index in [1.165, 1.54) is 11.3 Å². The standard InChI is InChI=1S/C9H10INO2S/c10-6-1-4-14-7(6)8(13)11-9(5-12)2-3-9/h1,4,12H,2-3,5H2,(H,11,13). The first-order chi connectivity index (χ1) is 6.67. The molecule has 5 heteroatoms. The molecule has 1 aliphatic rings. The number of hydrogen-bond acceptors (Lipinski definition) is 3. The summed E-state index contributed by atoms with van der Waals surface area (Å²) in [5.74, 6) is -0.0593. The van der Waals surface area contributed by atoms with Gasteiger partial charge in [0, 0.05) is 3.57 Å². The van der Waals surface area contributed by atoms with Gasteiger partial charge in [-0.15, -0.1) is 11.3 Å². The fourth-order valence-corrected chi connectivity index (χ4v) is 2.96. The Morgan fingerprint density at radius 1 is 1.71 bits per heavy atom. The Morgan fingerprint density at radius 2 is 2.43 bits per heavy atom. The van der Waals surface area contributed by atoms with Crippen molar-refractivity contribution < 1.29 is 9.90 Å². The molecule has 1 saturated carbocycles. The van der Waals surface area contributed by atoms with Gasteiger partial charge in [0.05, 0.1) is 12.1 Å². The normalized spacial score (nSPS) is 17.9. The van der Waals surface area contributed by atoms with E-state index in [0.29, 0.717) is 0 Å². The van der Waals surface area contributed by atoms with E-state index >= 15 is 0 Å². The van der Waals surface area contributed by atoms with Crippen molar-refractivity contribution in [2.75, 3.05) is 6.61 Å². The van der Waals surface area contributed by atoms with Crippen molar-refractivity contribution in [2.24, 2.45) is 0 Å². The van der Waals surface area contributed by atoms with Crippen LogP contribution in [0.4, 0.5) is 0 Å². The lowest BCUT2D eigenvalue weighted by Crippen LogP contribution is -2.39. The molecule has 0 bridgehead atoms. The van der Waals surface area contributed by atoms with Crippen LogP contribution >= 0.6 is 33.9 Å². The Kier molecular flexibility index (Phi) is 2.81. The second kappa shape index (κ2) is 3.79. The molecule has 1 amide bonds. The highest BCUT2D eigenvalue weighted by Crippen LogP contribution is 2.35. The van der Waals surface area contributed by atoms with Gasteiger partial charge in [-0.1, -0.05) is 0 Å². The second-order valence-electron chi connectivity index (χ2n) is 3.49. The number of nitrogens with one attached hydrogen (secondary N) is 1. The van der Waals surface area contributed by atoms with E-state index in [1.807, 2.05) is 11.4 Å². The predicted octanol–water partition coefficient (Wildman–Crippen LogP) is 1.61. The second-order valence-corrected chi connectivity index (χ2v) is 5.57. The Labute approximate surface area is 99.7 Å². The van der Waals surface area contributed by atoms with Crippen molar-refractivity contribution in [2.45, 2.75) is 18.4 Å². The summed E-state index contributed by atoms with van der Waals surface area (Å²) in [6.07, 6.45) is 1.77. The van der Waals surface area contributed by atoms with Gasteiger partial charge in [0.15, 0.2) is 0 Å². The van der Waals surface area contributed by atoms with Crippen LogP contribution in [0.2, 0.25) is 0 Å². The third-order valence-electron chi connectivity index (χ3n) is 2.36. The highest BCUT2D eigenvalue weighted by atomic mass is 127. The highest BCUT2D eigenvalue weighted by molar-refractivity contribution is 14.1. The first-order valence-corrected chi connectivity index (χ1v) is 6.29. The fraction of sp³-hybridized carbons (Fsp3) is 0.444. The van der Waals surface area contributed by atoms with Crippen molar-refractivity contribution in [1.29, 1.82) is 0 Å². The topological polar surface area (TPSA) is 49.3 Å². The number of aliphatic hydroxyl groups is 1. The van der Waals surface area contributed by atoms with Gasteiger partial charge in [0.25, 0.3) is 5.91 Å². The maximum atomic E-state index is 11.7. The number of rotatable bonds is 3. The lowest BCUT2D eigenvalue weighted by atomic mass is 10.3. The van der Waals surface area contributed by atoms with E-state index in [9.17, 15) is 4.79 Å². The van der Waals surface area contributed by atoms with Gasteiger partial charge < -0.3 is 10.4 Å². The minimum atomic E-state index is -0.315. The number of aliphatic hydroxyl groups excluding tert-OH is 1. The van der Waals surface area contributed by atoms with Gasteiger partial charge in [-0.05, 0) is 46.9 Å². The smallest absolute Gasteiger partial charge is 0.262 e. The number of carbonyl (C=O) groups excluding carboxylic acids is 1.